The highest BCUT2D eigenvalue weighted by Crippen LogP contribution is 2.25. The molecule has 4 heterocycles. The second-order valence-corrected chi connectivity index (χ2v) is 7.95. The number of pyridine rings is 1. The highest BCUT2D eigenvalue weighted by molar-refractivity contribution is 7.80. The molecule has 1 saturated heterocycles. The van der Waals surface area contributed by atoms with Crippen molar-refractivity contribution in [2.45, 2.75) is 6.92 Å². The number of aryl methyl sites for hydroxylation is 1. The Morgan fingerprint density at radius 1 is 1.03 bits per heavy atom. The minimum absolute atomic E-state index is 0.517. The number of benzene rings is 1. The molecule has 4 aromatic rings. The monoisotopic (exact) mass is 445 g/mol. The molecule has 0 unspecified atom stereocenters. The lowest BCUT2D eigenvalue weighted by molar-refractivity contribution is 0.122. The maximum Gasteiger partial charge on any atom is 0.182 e. The molecule has 162 valence electrons. The zero-order chi connectivity index (χ0) is 21.9. The first kappa shape index (κ1) is 20.3. The van der Waals surface area contributed by atoms with Crippen LogP contribution in [0.15, 0.2) is 60.9 Å². The van der Waals surface area contributed by atoms with Crippen LogP contribution in [0.1, 0.15) is 5.69 Å². The molecule has 0 bridgehead atoms. The van der Waals surface area contributed by atoms with Crippen molar-refractivity contribution < 1.29 is 4.74 Å². The van der Waals surface area contributed by atoms with Gasteiger partial charge in [-0.1, -0.05) is 0 Å². The summed E-state index contributed by atoms with van der Waals surface area (Å²) in [7, 11) is 0. The van der Waals surface area contributed by atoms with Gasteiger partial charge < -0.3 is 20.3 Å². The first-order valence-electron chi connectivity index (χ1n) is 10.4. The lowest BCUT2D eigenvalue weighted by atomic mass is 10.2. The molecule has 9 heteroatoms. The van der Waals surface area contributed by atoms with Gasteiger partial charge in [-0.25, -0.2) is 9.50 Å². The fourth-order valence-corrected chi connectivity index (χ4v) is 3.90. The first-order valence-corrected chi connectivity index (χ1v) is 10.9. The Balaban J connectivity index is 1.35. The van der Waals surface area contributed by atoms with E-state index in [1.165, 1.54) is 0 Å². The Bertz CT molecular complexity index is 1250. The average Bonchev–Trinajstić information content (AvgIpc) is 3.28. The van der Waals surface area contributed by atoms with Crippen molar-refractivity contribution in [2.24, 2.45) is 0 Å². The first-order chi connectivity index (χ1) is 15.7. The summed E-state index contributed by atoms with van der Waals surface area (Å²) in [5.74, 6) is 1.61. The number of fused-ring (bicyclic) bond motifs is 1. The summed E-state index contributed by atoms with van der Waals surface area (Å²) < 4.78 is 7.38. The van der Waals surface area contributed by atoms with Crippen LogP contribution in [0.25, 0.3) is 16.9 Å². The van der Waals surface area contributed by atoms with Gasteiger partial charge in [0.05, 0.1) is 13.2 Å². The number of nitrogens with zero attached hydrogens (tertiary/aromatic N) is 5. The van der Waals surface area contributed by atoms with Crippen molar-refractivity contribution in [3.8, 4) is 11.4 Å². The van der Waals surface area contributed by atoms with Gasteiger partial charge in [0, 0.05) is 48.1 Å². The van der Waals surface area contributed by atoms with Crippen molar-refractivity contribution in [2.75, 3.05) is 41.8 Å². The molecule has 32 heavy (non-hydrogen) atoms. The van der Waals surface area contributed by atoms with Gasteiger partial charge in [0.1, 0.15) is 5.52 Å². The number of ether oxygens (including phenoxy) is 1. The van der Waals surface area contributed by atoms with Gasteiger partial charge in [0.2, 0.25) is 0 Å². The van der Waals surface area contributed by atoms with E-state index >= 15 is 0 Å². The van der Waals surface area contributed by atoms with Gasteiger partial charge in [0.25, 0.3) is 0 Å². The molecule has 0 spiro atoms. The third-order valence-electron chi connectivity index (χ3n) is 5.24. The molecule has 0 atom stereocenters. The van der Waals surface area contributed by atoms with E-state index in [4.69, 9.17) is 27.0 Å². The molecular formula is C23H23N7OS. The van der Waals surface area contributed by atoms with Crippen LogP contribution < -0.4 is 15.5 Å². The van der Waals surface area contributed by atoms with Gasteiger partial charge in [-0.05, 0) is 67.7 Å². The van der Waals surface area contributed by atoms with Crippen LogP contribution in [0.4, 0.5) is 17.2 Å². The number of thiocarbonyl (C=S) groups is 1. The molecule has 1 aliphatic heterocycles. The lowest BCUT2D eigenvalue weighted by Crippen LogP contribution is -2.37. The summed E-state index contributed by atoms with van der Waals surface area (Å²) in [6.45, 7) is 5.00. The van der Waals surface area contributed by atoms with Crippen LogP contribution in [-0.4, -0.2) is 51.0 Å². The summed E-state index contributed by atoms with van der Waals surface area (Å²) in [4.78, 5) is 11.3. The third-order valence-corrected chi connectivity index (χ3v) is 5.44. The summed E-state index contributed by atoms with van der Waals surface area (Å²) in [5, 5.41) is 11.6. The number of hydrogen-bond donors (Lipinski definition) is 2. The minimum Gasteiger partial charge on any atom is -0.378 e. The van der Waals surface area contributed by atoms with Crippen molar-refractivity contribution in [3.63, 3.8) is 0 Å². The van der Waals surface area contributed by atoms with Gasteiger partial charge in [-0.3, -0.25) is 4.98 Å². The summed E-state index contributed by atoms with van der Waals surface area (Å²) in [6, 6.07) is 15.8. The fourth-order valence-electron chi connectivity index (χ4n) is 3.67. The summed E-state index contributed by atoms with van der Waals surface area (Å²) in [6.07, 6.45) is 3.70. The molecule has 2 N–H and O–H groups in total. The molecule has 0 radical (unpaired) electrons. The normalized spacial score (nSPS) is 13.8. The van der Waals surface area contributed by atoms with E-state index in [-0.39, 0.29) is 0 Å². The Labute approximate surface area is 191 Å². The largest absolute Gasteiger partial charge is 0.378 e. The molecule has 0 amide bonds. The van der Waals surface area contributed by atoms with Crippen molar-refractivity contribution >= 4 is 40.0 Å². The van der Waals surface area contributed by atoms with Crippen LogP contribution >= 0.6 is 12.2 Å². The lowest BCUT2D eigenvalue weighted by Gasteiger charge is -2.28. The molecule has 1 aromatic carbocycles. The van der Waals surface area contributed by atoms with E-state index < -0.39 is 0 Å². The molecule has 8 nitrogen and oxygen atoms in total. The molecule has 5 rings (SSSR count). The van der Waals surface area contributed by atoms with Crippen molar-refractivity contribution in [3.05, 3.63) is 66.6 Å². The molecule has 1 aliphatic rings. The van der Waals surface area contributed by atoms with E-state index in [0.29, 0.717) is 24.2 Å². The number of nitrogens with one attached hydrogen (secondary N) is 2. The van der Waals surface area contributed by atoms with Crippen LogP contribution in [-0.2, 0) is 4.74 Å². The molecule has 1 fully saturated rings. The van der Waals surface area contributed by atoms with Gasteiger partial charge in [0.15, 0.2) is 16.8 Å². The SMILES string of the molecule is Cc1cc(NC(=S)Nc2ccc(-c3nc(N4CCOCC4)c4cccn4n3)cc2)ccn1. The van der Waals surface area contributed by atoms with Crippen molar-refractivity contribution in [1.29, 1.82) is 0 Å². The Morgan fingerprint density at radius 3 is 2.59 bits per heavy atom. The zero-order valence-corrected chi connectivity index (χ0v) is 18.5. The van der Waals surface area contributed by atoms with Crippen LogP contribution in [0.2, 0.25) is 0 Å². The van der Waals surface area contributed by atoms with E-state index in [9.17, 15) is 0 Å². The third kappa shape index (κ3) is 4.39. The number of rotatable bonds is 4. The Morgan fingerprint density at radius 2 is 1.81 bits per heavy atom. The Hall–Kier alpha value is -3.56. The summed E-state index contributed by atoms with van der Waals surface area (Å²) in [5.41, 5.74) is 4.64. The quantitative estimate of drug-likeness (QED) is 0.460. The second-order valence-electron chi connectivity index (χ2n) is 7.54. The molecular weight excluding hydrogens is 422 g/mol. The summed E-state index contributed by atoms with van der Waals surface area (Å²) >= 11 is 5.43. The Kier molecular flexibility index (Phi) is 5.66. The van der Waals surface area contributed by atoms with E-state index in [1.807, 2.05) is 66.2 Å². The average molecular weight is 446 g/mol. The van der Waals surface area contributed by atoms with Gasteiger partial charge in [-0.15, -0.1) is 5.10 Å². The van der Waals surface area contributed by atoms with Crippen molar-refractivity contribution in [1.82, 2.24) is 19.6 Å². The topological polar surface area (TPSA) is 79.6 Å². The van der Waals surface area contributed by atoms with Crippen LogP contribution in [0.3, 0.4) is 0 Å². The highest BCUT2D eigenvalue weighted by Gasteiger charge is 2.18. The number of anilines is 3. The second kappa shape index (κ2) is 8.89. The highest BCUT2D eigenvalue weighted by atomic mass is 32.1. The van der Waals surface area contributed by atoms with Crippen LogP contribution in [0.5, 0.6) is 0 Å². The van der Waals surface area contributed by atoms with E-state index in [0.717, 1.165) is 47.1 Å². The number of aromatic nitrogens is 4. The van der Waals surface area contributed by atoms with Gasteiger partial charge in [-0.2, -0.15) is 0 Å². The number of hydrogen-bond acceptors (Lipinski definition) is 6. The molecule has 0 saturated carbocycles. The maximum atomic E-state index is 5.50. The predicted molar refractivity (Wildman–Crippen MR) is 130 cm³/mol. The molecule has 0 aliphatic carbocycles. The fraction of sp³-hybridized carbons (Fsp3) is 0.217. The maximum absolute atomic E-state index is 5.50. The van der Waals surface area contributed by atoms with Gasteiger partial charge >= 0.3 is 0 Å². The zero-order valence-electron chi connectivity index (χ0n) is 17.7. The van der Waals surface area contributed by atoms with E-state index in [2.05, 4.69) is 20.5 Å². The minimum atomic E-state index is 0.517. The smallest absolute Gasteiger partial charge is 0.182 e. The van der Waals surface area contributed by atoms with E-state index in [1.54, 1.807) is 6.20 Å². The molecule has 3 aromatic heterocycles. The number of morpholine rings is 1. The standard InChI is InChI=1S/C23H23N7OS/c1-16-15-19(8-9-24-16)26-23(32)25-18-6-4-17(5-7-18)21-27-22(29-11-13-31-14-12-29)20-3-2-10-30(20)28-21/h2-10,15H,11-14H2,1H3,(H2,24,25,26,32). The van der Waals surface area contributed by atoms with Crippen LogP contribution in [0, 0.1) is 6.92 Å². The predicted octanol–water partition coefficient (Wildman–Crippen LogP) is 3.75.